The topological polar surface area (TPSA) is 81.7 Å². The third-order valence-corrected chi connectivity index (χ3v) is 6.12. The van der Waals surface area contributed by atoms with Crippen LogP contribution in [-0.2, 0) is 17.3 Å². The van der Waals surface area contributed by atoms with Crippen LogP contribution in [0.25, 0.3) is 0 Å². The van der Waals surface area contributed by atoms with E-state index >= 15 is 0 Å². The Kier molecular flexibility index (Phi) is 10.7. The van der Waals surface area contributed by atoms with E-state index in [1.165, 1.54) is 14.2 Å². The summed E-state index contributed by atoms with van der Waals surface area (Å²) in [5.41, 5.74) is 1.37. The van der Waals surface area contributed by atoms with E-state index < -0.39 is 12.3 Å². The number of esters is 1. The van der Waals surface area contributed by atoms with Crippen LogP contribution in [0, 0.1) is 0 Å². The molecular weight excluding hydrogens is 555 g/mol. The highest BCUT2D eigenvalue weighted by Gasteiger charge is 2.31. The Balaban J connectivity index is 1.65. The highest BCUT2D eigenvalue weighted by molar-refractivity contribution is 14.1. The zero-order valence-electron chi connectivity index (χ0n) is 19.5. The molecule has 3 rings (SSSR count). The van der Waals surface area contributed by atoms with E-state index in [0.29, 0.717) is 43.3 Å². The van der Waals surface area contributed by atoms with Crippen molar-refractivity contribution in [2.24, 2.45) is 0 Å². The summed E-state index contributed by atoms with van der Waals surface area (Å²) in [5, 5.41) is 0. The van der Waals surface area contributed by atoms with Crippen LogP contribution in [0.1, 0.15) is 36.0 Å². The van der Waals surface area contributed by atoms with Crippen molar-refractivity contribution in [2.75, 3.05) is 34.0 Å². The van der Waals surface area contributed by atoms with E-state index in [1.54, 1.807) is 18.2 Å². The molecule has 2 aliphatic rings. The molecule has 3 atom stereocenters. The van der Waals surface area contributed by atoms with Crippen molar-refractivity contribution in [2.45, 2.75) is 44.2 Å². The standard InChI is InChI=1S/C25H31IO8/c1-4-10-30-23-14-19(34-26)13-20(33-23)16-32-25(27)18-11-21(28-2)24(22(12-18)29-3)31-15-17-8-6-5-7-9-17/h4,6,8-9,11-12,19-20,23H,1,5,7,10,13-16H2,2-3H3/t19-,20-,23+/m0/s1. The van der Waals surface area contributed by atoms with Crippen LogP contribution < -0.4 is 14.2 Å². The molecule has 1 saturated heterocycles. The summed E-state index contributed by atoms with van der Waals surface area (Å²) in [5.74, 6) is 0.681. The molecule has 0 N–H and O–H groups in total. The fourth-order valence-electron chi connectivity index (χ4n) is 3.71. The second kappa shape index (κ2) is 13.7. The molecule has 34 heavy (non-hydrogen) atoms. The van der Waals surface area contributed by atoms with Gasteiger partial charge in [-0.15, -0.1) is 6.58 Å². The van der Waals surface area contributed by atoms with Crippen LogP contribution in [0.5, 0.6) is 17.2 Å². The molecule has 186 valence electrons. The summed E-state index contributed by atoms with van der Waals surface area (Å²) < 4.78 is 39.4. The van der Waals surface area contributed by atoms with Crippen molar-refractivity contribution in [3.63, 3.8) is 0 Å². The van der Waals surface area contributed by atoms with Gasteiger partial charge in [0.05, 0.1) is 38.6 Å². The first-order valence-electron chi connectivity index (χ1n) is 11.1. The Bertz CT molecular complexity index is 872. The van der Waals surface area contributed by atoms with Gasteiger partial charge in [-0.3, -0.25) is 0 Å². The molecule has 1 aliphatic carbocycles. The van der Waals surface area contributed by atoms with Gasteiger partial charge in [0.1, 0.15) is 36.2 Å². The van der Waals surface area contributed by atoms with E-state index in [9.17, 15) is 4.79 Å². The predicted octanol–water partition coefficient (Wildman–Crippen LogP) is 4.96. The van der Waals surface area contributed by atoms with Crippen LogP contribution in [0.4, 0.5) is 0 Å². The quantitative estimate of drug-likeness (QED) is 0.193. The van der Waals surface area contributed by atoms with Gasteiger partial charge in [0, 0.05) is 12.8 Å². The highest BCUT2D eigenvalue weighted by Crippen LogP contribution is 2.39. The number of halogens is 1. The molecule has 1 aromatic carbocycles. The molecule has 0 unspecified atom stereocenters. The van der Waals surface area contributed by atoms with Crippen LogP contribution in [-0.4, -0.2) is 58.5 Å². The van der Waals surface area contributed by atoms with E-state index in [4.69, 9.17) is 31.5 Å². The van der Waals surface area contributed by atoms with Crippen molar-refractivity contribution in [3.8, 4) is 17.2 Å². The number of benzene rings is 1. The lowest BCUT2D eigenvalue weighted by Gasteiger charge is -2.33. The van der Waals surface area contributed by atoms with E-state index in [-0.39, 0.29) is 24.4 Å². The molecule has 0 bridgehead atoms. The van der Waals surface area contributed by atoms with Crippen molar-refractivity contribution in [3.05, 3.63) is 54.2 Å². The van der Waals surface area contributed by atoms with Gasteiger partial charge in [0.15, 0.2) is 17.8 Å². The number of hydrogen-bond acceptors (Lipinski definition) is 8. The van der Waals surface area contributed by atoms with Crippen molar-refractivity contribution in [1.29, 1.82) is 0 Å². The van der Waals surface area contributed by atoms with Crippen molar-refractivity contribution >= 4 is 29.0 Å². The summed E-state index contributed by atoms with van der Waals surface area (Å²) in [4.78, 5) is 12.8. The number of methoxy groups -OCH3 is 2. The second-order valence-electron chi connectivity index (χ2n) is 7.85. The minimum absolute atomic E-state index is 0.0568. The maximum absolute atomic E-state index is 12.8. The predicted molar refractivity (Wildman–Crippen MR) is 135 cm³/mol. The minimum Gasteiger partial charge on any atom is -0.493 e. The normalized spacial score (nSPS) is 22.0. The molecule has 0 aromatic heterocycles. The van der Waals surface area contributed by atoms with Crippen molar-refractivity contribution in [1.82, 2.24) is 0 Å². The Morgan fingerprint density at radius 1 is 1.21 bits per heavy atom. The molecule has 0 saturated carbocycles. The third kappa shape index (κ3) is 7.46. The maximum Gasteiger partial charge on any atom is 0.338 e. The molecule has 1 heterocycles. The molecule has 1 aliphatic heterocycles. The van der Waals surface area contributed by atoms with Gasteiger partial charge in [-0.1, -0.05) is 24.3 Å². The number of ether oxygens (including phenoxy) is 6. The Morgan fingerprint density at radius 2 is 1.97 bits per heavy atom. The molecule has 0 amide bonds. The van der Waals surface area contributed by atoms with Crippen LogP contribution in [0.2, 0.25) is 0 Å². The summed E-state index contributed by atoms with van der Waals surface area (Å²) >= 11 is 1.87. The number of hydrogen-bond donors (Lipinski definition) is 0. The van der Waals surface area contributed by atoms with E-state index in [2.05, 4.69) is 18.7 Å². The maximum atomic E-state index is 12.8. The molecule has 1 fully saturated rings. The Morgan fingerprint density at radius 3 is 2.59 bits per heavy atom. The monoisotopic (exact) mass is 586 g/mol. The molecular formula is C25H31IO8. The molecule has 1 aromatic rings. The van der Waals surface area contributed by atoms with Crippen molar-refractivity contribution < 1.29 is 36.3 Å². The van der Waals surface area contributed by atoms with Crippen LogP contribution >= 0.6 is 23.0 Å². The summed E-state index contributed by atoms with van der Waals surface area (Å²) in [7, 11) is 3.03. The molecule has 8 nitrogen and oxygen atoms in total. The van der Waals surface area contributed by atoms with Gasteiger partial charge in [-0.05, 0) is 30.5 Å². The first kappa shape index (κ1) is 26.5. The van der Waals surface area contributed by atoms with Gasteiger partial charge in [-0.25, -0.2) is 4.79 Å². The summed E-state index contributed by atoms with van der Waals surface area (Å²) in [6.07, 6.45) is 10.3. The first-order valence-corrected chi connectivity index (χ1v) is 12.0. The van der Waals surface area contributed by atoms with Gasteiger partial charge in [0.2, 0.25) is 5.75 Å². The largest absolute Gasteiger partial charge is 0.493 e. The fourth-order valence-corrected chi connectivity index (χ4v) is 4.13. The number of carbonyl (C=O) groups is 1. The van der Waals surface area contributed by atoms with Gasteiger partial charge in [-0.2, -0.15) is 0 Å². The zero-order chi connectivity index (χ0) is 24.3. The second-order valence-corrected chi connectivity index (χ2v) is 8.36. The lowest BCUT2D eigenvalue weighted by Crippen LogP contribution is -2.40. The zero-order valence-corrected chi connectivity index (χ0v) is 21.7. The van der Waals surface area contributed by atoms with Gasteiger partial charge in [0.25, 0.3) is 0 Å². The summed E-state index contributed by atoms with van der Waals surface area (Å²) in [6.45, 7) is 4.45. The Labute approximate surface area is 214 Å². The smallest absolute Gasteiger partial charge is 0.338 e. The SMILES string of the molecule is C=CCO[C@H]1C[C@@H](OI)C[C@@H](COC(=O)c2cc(OC)c(OCC3=CCCC=C3)c(OC)c2)O1. The average Bonchev–Trinajstić information content (AvgIpc) is 2.89. The van der Waals surface area contributed by atoms with Gasteiger partial charge < -0.3 is 31.5 Å². The molecule has 0 spiro atoms. The first-order chi connectivity index (χ1) is 16.6. The van der Waals surface area contributed by atoms with E-state index in [0.717, 1.165) is 18.4 Å². The number of rotatable bonds is 12. The molecule has 0 radical (unpaired) electrons. The minimum atomic E-state index is -0.522. The fraction of sp³-hybridized carbons (Fsp3) is 0.480. The van der Waals surface area contributed by atoms with Crippen LogP contribution in [0.15, 0.2) is 48.6 Å². The van der Waals surface area contributed by atoms with Gasteiger partial charge >= 0.3 is 5.97 Å². The Hall–Kier alpha value is -2.08. The number of carbonyl (C=O) groups excluding carboxylic acids is 1. The average molecular weight is 586 g/mol. The number of allylic oxidation sites excluding steroid dienone is 2. The summed E-state index contributed by atoms with van der Waals surface area (Å²) in [6, 6.07) is 3.17. The third-order valence-electron chi connectivity index (χ3n) is 5.40. The lowest BCUT2D eigenvalue weighted by atomic mass is 10.1. The van der Waals surface area contributed by atoms with E-state index in [1.807, 2.05) is 29.1 Å². The molecule has 9 heteroatoms. The van der Waals surface area contributed by atoms with Crippen LogP contribution in [0.3, 0.4) is 0 Å². The highest BCUT2D eigenvalue weighted by atomic mass is 127. The lowest BCUT2D eigenvalue weighted by molar-refractivity contribution is -0.211.